The summed E-state index contributed by atoms with van der Waals surface area (Å²) in [5.74, 6) is 0. The molecule has 4 nitrogen and oxygen atoms in total. The van der Waals surface area contributed by atoms with E-state index in [2.05, 4.69) is 358 Å². The van der Waals surface area contributed by atoms with Gasteiger partial charge in [-0.15, -0.1) is 0 Å². The minimum absolute atomic E-state index is 1.07. The van der Waals surface area contributed by atoms with Crippen LogP contribution in [-0.4, -0.2) is 13.7 Å². The fraction of sp³-hybridized carbons (Fsp3) is 0. The van der Waals surface area contributed by atoms with Gasteiger partial charge in [-0.1, -0.05) is 224 Å². The lowest BCUT2D eigenvalue weighted by Crippen LogP contribution is -2.09. The average Bonchev–Trinajstić information content (AvgIpc) is 3.54. The van der Waals surface area contributed by atoms with Crippen LogP contribution in [0, 0.1) is 0 Å². The van der Waals surface area contributed by atoms with Crippen molar-refractivity contribution in [3.8, 4) is 72.7 Å². The average molecular weight is 1120 g/mol. The summed E-state index contributed by atoms with van der Waals surface area (Å²) in [5.41, 5.74) is 25.7. The molecular weight excluding hydrogens is 1060 g/mol. The lowest BCUT2D eigenvalue weighted by Gasteiger charge is -2.26. The number of hydrogen-bond acceptors (Lipinski definition) is 1. The van der Waals surface area contributed by atoms with E-state index in [9.17, 15) is 0 Å². The maximum absolute atomic E-state index is 2.39. The summed E-state index contributed by atoms with van der Waals surface area (Å²) in [6, 6.07) is 124. The number of fused-ring (bicyclic) bond motifs is 9. The molecule has 0 saturated carbocycles. The van der Waals surface area contributed by atoms with Gasteiger partial charge in [0.05, 0.1) is 33.1 Å². The van der Waals surface area contributed by atoms with Crippen molar-refractivity contribution < 1.29 is 0 Å². The van der Waals surface area contributed by atoms with E-state index in [0.29, 0.717) is 0 Å². The Kier molecular flexibility index (Phi) is 12.2. The quantitative estimate of drug-likeness (QED) is 0.126. The SMILES string of the molecule is c1ccc(-n2c3ccccc3c3cc(-c4ccc(N(c5ccc(-c6ccc(-c7ccc8c9ccccc9n(-c9ccccc9)c8c7)cc6)cc5)c5ccc(-c6ccc(-c7ccc8c9ccccc9n(-c9ccccc9)c8c7)cc6)cc5)cc4)ccc32)cc1. The molecule has 3 heterocycles. The second-order valence-corrected chi connectivity index (χ2v) is 22.9. The van der Waals surface area contributed by atoms with Crippen molar-refractivity contribution in [2.24, 2.45) is 0 Å². The van der Waals surface area contributed by atoms with Crippen LogP contribution in [0.3, 0.4) is 0 Å². The van der Waals surface area contributed by atoms with Gasteiger partial charge in [0.1, 0.15) is 0 Å². The van der Waals surface area contributed by atoms with Crippen LogP contribution >= 0.6 is 0 Å². The Hall–Kier alpha value is -11.7. The van der Waals surface area contributed by atoms with Crippen molar-refractivity contribution in [2.75, 3.05) is 4.90 Å². The summed E-state index contributed by atoms with van der Waals surface area (Å²) in [5, 5.41) is 7.50. The zero-order chi connectivity index (χ0) is 58.1. The zero-order valence-electron chi connectivity index (χ0n) is 48.1. The van der Waals surface area contributed by atoms with E-state index in [4.69, 9.17) is 0 Å². The van der Waals surface area contributed by atoms with Gasteiger partial charge in [0, 0.05) is 66.4 Å². The van der Waals surface area contributed by atoms with E-state index in [1.54, 1.807) is 0 Å². The molecule has 0 atom stereocenters. The molecule has 0 spiro atoms. The zero-order valence-corrected chi connectivity index (χ0v) is 48.1. The maximum Gasteiger partial charge on any atom is 0.0547 e. The largest absolute Gasteiger partial charge is 0.311 e. The molecule has 3 aromatic heterocycles. The number of para-hydroxylation sites is 6. The molecule has 88 heavy (non-hydrogen) atoms. The van der Waals surface area contributed by atoms with Crippen molar-refractivity contribution in [3.05, 3.63) is 340 Å². The highest BCUT2D eigenvalue weighted by molar-refractivity contribution is 6.12. The third-order valence-corrected chi connectivity index (χ3v) is 17.9. The van der Waals surface area contributed by atoms with Gasteiger partial charge in [0.25, 0.3) is 0 Å². The molecule has 0 aliphatic heterocycles. The molecule has 0 saturated heterocycles. The van der Waals surface area contributed by atoms with Gasteiger partial charge in [-0.2, -0.15) is 0 Å². The monoisotopic (exact) mass is 1120 g/mol. The first-order chi connectivity index (χ1) is 43.6. The normalized spacial score (nSPS) is 11.6. The minimum atomic E-state index is 1.07. The number of hydrogen-bond donors (Lipinski definition) is 0. The number of nitrogens with zero attached hydrogens (tertiary/aromatic N) is 4. The van der Waals surface area contributed by atoms with Gasteiger partial charge in [0.15, 0.2) is 0 Å². The first-order valence-electron chi connectivity index (χ1n) is 30.2. The number of aromatic nitrogens is 3. The Bertz CT molecular complexity index is 5180. The van der Waals surface area contributed by atoms with Crippen molar-refractivity contribution in [1.29, 1.82) is 0 Å². The molecule has 0 aliphatic carbocycles. The molecular formula is C84H56N4. The molecule has 14 aromatic carbocycles. The van der Waals surface area contributed by atoms with Crippen LogP contribution in [0.5, 0.6) is 0 Å². The summed E-state index contributed by atoms with van der Waals surface area (Å²) in [6.07, 6.45) is 0. The Morgan fingerprint density at radius 1 is 0.159 bits per heavy atom. The van der Waals surface area contributed by atoms with E-state index >= 15 is 0 Å². The summed E-state index contributed by atoms with van der Waals surface area (Å²) in [7, 11) is 0. The molecule has 0 aliphatic rings. The number of benzene rings is 14. The summed E-state index contributed by atoms with van der Waals surface area (Å²) in [6.45, 7) is 0. The summed E-state index contributed by atoms with van der Waals surface area (Å²) in [4.78, 5) is 2.37. The Morgan fingerprint density at radius 2 is 0.398 bits per heavy atom. The van der Waals surface area contributed by atoms with Gasteiger partial charge in [0.2, 0.25) is 0 Å². The molecule has 17 rings (SSSR count). The van der Waals surface area contributed by atoms with E-state index < -0.39 is 0 Å². The fourth-order valence-corrected chi connectivity index (χ4v) is 13.6. The highest BCUT2D eigenvalue weighted by atomic mass is 15.1. The van der Waals surface area contributed by atoms with Gasteiger partial charge in [-0.05, 0) is 171 Å². The van der Waals surface area contributed by atoms with E-state index in [-0.39, 0.29) is 0 Å². The number of rotatable bonds is 11. The Labute approximate surface area is 510 Å². The fourth-order valence-electron chi connectivity index (χ4n) is 13.6. The molecule has 0 unspecified atom stereocenters. The van der Waals surface area contributed by atoms with E-state index in [0.717, 1.165) is 50.8 Å². The highest BCUT2D eigenvalue weighted by Gasteiger charge is 2.19. The lowest BCUT2D eigenvalue weighted by atomic mass is 9.98. The standard InChI is InChI=1S/C84H56N4/c1-4-16-67(17-5-1)86-81-27-15-12-24-75(81)78-54-64(44-53-82(78)86)63-40-49-72(50-41-63)85(70-45-36-59(37-46-70)57-28-32-61(33-29-57)65-42-51-76-73-22-10-13-25-79(73)87(83(76)55-65)68-18-6-2-7-19-68)71-47-38-60(39-48-71)58-30-34-62(35-31-58)66-43-52-77-74-23-11-14-26-80(74)88(84(77)56-66)69-20-8-3-9-21-69/h1-56H. The third kappa shape index (κ3) is 8.69. The van der Waals surface area contributed by atoms with E-state index in [1.807, 2.05) is 0 Å². The van der Waals surface area contributed by atoms with Gasteiger partial charge in [-0.25, -0.2) is 0 Å². The molecule has 0 fully saturated rings. The smallest absolute Gasteiger partial charge is 0.0547 e. The van der Waals surface area contributed by atoms with Crippen LogP contribution in [0.1, 0.15) is 0 Å². The first-order valence-corrected chi connectivity index (χ1v) is 30.2. The van der Waals surface area contributed by atoms with Crippen molar-refractivity contribution >= 4 is 82.5 Å². The summed E-state index contributed by atoms with van der Waals surface area (Å²) < 4.78 is 7.14. The molecule has 4 heteroatoms. The topological polar surface area (TPSA) is 18.0 Å². The molecule has 0 radical (unpaired) electrons. The first kappa shape index (κ1) is 50.8. The third-order valence-electron chi connectivity index (χ3n) is 17.9. The Balaban J connectivity index is 0.695. The van der Waals surface area contributed by atoms with Crippen LogP contribution in [0.25, 0.3) is 138 Å². The van der Waals surface area contributed by atoms with Gasteiger partial charge < -0.3 is 18.6 Å². The molecule has 412 valence electrons. The van der Waals surface area contributed by atoms with Crippen LogP contribution in [0.2, 0.25) is 0 Å². The number of anilines is 3. The Morgan fingerprint density at radius 3 is 0.761 bits per heavy atom. The summed E-state index contributed by atoms with van der Waals surface area (Å²) >= 11 is 0. The lowest BCUT2D eigenvalue weighted by molar-refractivity contribution is 1.18. The van der Waals surface area contributed by atoms with Crippen molar-refractivity contribution in [1.82, 2.24) is 13.7 Å². The van der Waals surface area contributed by atoms with E-state index in [1.165, 1.54) is 104 Å². The second kappa shape index (κ2) is 21.1. The molecule has 0 N–H and O–H groups in total. The van der Waals surface area contributed by atoms with Crippen LogP contribution in [-0.2, 0) is 0 Å². The molecule has 0 bridgehead atoms. The van der Waals surface area contributed by atoms with Crippen LogP contribution < -0.4 is 4.90 Å². The van der Waals surface area contributed by atoms with Gasteiger partial charge in [-0.3, -0.25) is 0 Å². The van der Waals surface area contributed by atoms with Crippen molar-refractivity contribution in [2.45, 2.75) is 0 Å². The highest BCUT2D eigenvalue weighted by Crippen LogP contribution is 2.42. The molecule has 17 aromatic rings. The van der Waals surface area contributed by atoms with Crippen LogP contribution in [0.15, 0.2) is 340 Å². The van der Waals surface area contributed by atoms with Gasteiger partial charge >= 0.3 is 0 Å². The molecule has 0 amide bonds. The minimum Gasteiger partial charge on any atom is -0.311 e. The predicted molar refractivity (Wildman–Crippen MR) is 371 cm³/mol. The van der Waals surface area contributed by atoms with Crippen molar-refractivity contribution in [3.63, 3.8) is 0 Å². The maximum atomic E-state index is 2.39. The van der Waals surface area contributed by atoms with Crippen LogP contribution in [0.4, 0.5) is 17.1 Å². The predicted octanol–water partition coefficient (Wildman–Crippen LogP) is 22.8. The second-order valence-electron chi connectivity index (χ2n) is 22.9.